The van der Waals surface area contributed by atoms with Gasteiger partial charge in [0.1, 0.15) is 11.7 Å². The van der Waals surface area contributed by atoms with Crippen LogP contribution in [0.5, 0.6) is 0 Å². The molecular formula is C22H21NO2. The van der Waals surface area contributed by atoms with Gasteiger partial charge >= 0.3 is 0 Å². The molecule has 3 aliphatic rings. The fourth-order valence-corrected chi connectivity index (χ4v) is 5.35. The van der Waals surface area contributed by atoms with Gasteiger partial charge < -0.3 is 9.36 Å². The number of carbonyl (C=O) groups is 2. The molecule has 1 aromatic carbocycles. The SMILES string of the molecule is CC1=CCc2ccc3c4c(cn3C)C(C)(C)[C@H]3C=C1[C@](C=O)(C3=O)c24. The highest BCUT2D eigenvalue weighted by Crippen LogP contribution is 2.57. The molecule has 126 valence electrons. The van der Waals surface area contributed by atoms with Crippen LogP contribution in [0, 0.1) is 5.92 Å². The Morgan fingerprint density at radius 1 is 1.28 bits per heavy atom. The Hall–Kier alpha value is -2.42. The fraction of sp³-hybridized carbons (Fsp3) is 0.364. The summed E-state index contributed by atoms with van der Waals surface area (Å²) in [6, 6.07) is 4.23. The Morgan fingerprint density at radius 3 is 2.76 bits per heavy atom. The van der Waals surface area contributed by atoms with Gasteiger partial charge in [-0.15, -0.1) is 0 Å². The molecule has 1 aromatic heterocycles. The van der Waals surface area contributed by atoms with Crippen LogP contribution in [0.4, 0.5) is 0 Å². The highest BCUT2D eigenvalue weighted by molar-refractivity contribution is 6.18. The molecule has 3 nitrogen and oxygen atoms in total. The number of hydrogen-bond donors (Lipinski definition) is 0. The van der Waals surface area contributed by atoms with E-state index < -0.39 is 5.41 Å². The van der Waals surface area contributed by atoms with E-state index in [4.69, 9.17) is 0 Å². The first-order chi connectivity index (χ1) is 11.8. The van der Waals surface area contributed by atoms with Crippen LogP contribution in [0.3, 0.4) is 0 Å². The highest BCUT2D eigenvalue weighted by Gasteiger charge is 2.59. The van der Waals surface area contributed by atoms with Gasteiger partial charge in [-0.25, -0.2) is 0 Å². The van der Waals surface area contributed by atoms with E-state index in [0.29, 0.717) is 0 Å². The number of fused-ring (bicyclic) bond motifs is 1. The Kier molecular flexibility index (Phi) is 2.51. The molecule has 1 heterocycles. The van der Waals surface area contributed by atoms with Crippen molar-refractivity contribution in [2.24, 2.45) is 13.0 Å². The maximum atomic E-state index is 13.6. The Balaban J connectivity index is 2.11. The molecule has 0 radical (unpaired) electrons. The number of nitrogens with zero attached hydrogens (tertiary/aromatic N) is 1. The lowest BCUT2D eigenvalue weighted by Gasteiger charge is -2.29. The number of rotatable bonds is 1. The molecule has 0 aliphatic heterocycles. The number of aromatic nitrogens is 1. The average Bonchev–Trinajstić information content (AvgIpc) is 3.02. The van der Waals surface area contributed by atoms with Crippen molar-refractivity contribution in [3.05, 3.63) is 58.3 Å². The number of hydrogen-bond acceptors (Lipinski definition) is 2. The summed E-state index contributed by atoms with van der Waals surface area (Å²) in [4.78, 5) is 26.2. The normalized spacial score (nSPS) is 28.6. The van der Waals surface area contributed by atoms with Crippen LogP contribution in [0.15, 0.2) is 41.6 Å². The van der Waals surface area contributed by atoms with E-state index in [-0.39, 0.29) is 17.1 Å². The predicted molar refractivity (Wildman–Crippen MR) is 97.7 cm³/mol. The van der Waals surface area contributed by atoms with E-state index in [1.54, 1.807) is 0 Å². The molecule has 3 heteroatoms. The van der Waals surface area contributed by atoms with Crippen molar-refractivity contribution in [1.29, 1.82) is 0 Å². The van der Waals surface area contributed by atoms with Crippen LogP contribution in [0.2, 0.25) is 0 Å². The summed E-state index contributed by atoms with van der Waals surface area (Å²) in [5.74, 6) is -0.232. The zero-order chi connectivity index (χ0) is 17.7. The van der Waals surface area contributed by atoms with Gasteiger partial charge in [0, 0.05) is 35.5 Å². The molecule has 25 heavy (non-hydrogen) atoms. The minimum Gasteiger partial charge on any atom is -0.350 e. The monoisotopic (exact) mass is 331 g/mol. The maximum absolute atomic E-state index is 13.6. The van der Waals surface area contributed by atoms with Gasteiger partial charge in [0.25, 0.3) is 0 Å². The van der Waals surface area contributed by atoms with Gasteiger partial charge in [0.15, 0.2) is 5.78 Å². The highest BCUT2D eigenvalue weighted by atomic mass is 16.1. The molecule has 2 atom stereocenters. The largest absolute Gasteiger partial charge is 0.350 e. The molecule has 0 saturated heterocycles. The lowest BCUT2D eigenvalue weighted by Crippen LogP contribution is -2.41. The lowest BCUT2D eigenvalue weighted by molar-refractivity contribution is -0.129. The van der Waals surface area contributed by atoms with Crippen LogP contribution in [0.25, 0.3) is 10.9 Å². The van der Waals surface area contributed by atoms with Crippen molar-refractivity contribution in [3.63, 3.8) is 0 Å². The summed E-state index contributed by atoms with van der Waals surface area (Å²) in [6.45, 7) is 6.31. The zero-order valence-corrected chi connectivity index (χ0v) is 15.0. The van der Waals surface area contributed by atoms with Crippen molar-refractivity contribution >= 4 is 23.0 Å². The zero-order valence-electron chi connectivity index (χ0n) is 15.0. The standard InChI is InChI=1S/C22H21NO2/c1-12-5-6-13-7-8-17-18-16(10-23(17)4)21(2,3)15-9-14(12)22(11-24,19(13)18)20(15)25/h5,7-11,15H,6H2,1-4H3/t15-,22-/m0/s1. The molecular weight excluding hydrogens is 310 g/mol. The molecule has 5 rings (SSSR count). The number of ketones is 1. The molecule has 0 unspecified atom stereocenters. The van der Waals surface area contributed by atoms with Gasteiger partial charge in [0.05, 0.1) is 0 Å². The molecule has 0 amide bonds. The minimum atomic E-state index is -1.14. The third kappa shape index (κ3) is 1.41. The first-order valence-electron chi connectivity index (χ1n) is 8.86. The first-order valence-corrected chi connectivity index (χ1v) is 8.86. The molecule has 0 N–H and O–H groups in total. The summed E-state index contributed by atoms with van der Waals surface area (Å²) >= 11 is 0. The molecule has 2 bridgehead atoms. The first kappa shape index (κ1) is 14.9. The van der Waals surface area contributed by atoms with E-state index in [1.807, 2.05) is 14.0 Å². The number of carbonyl (C=O) groups excluding carboxylic acids is 2. The van der Waals surface area contributed by atoms with Gasteiger partial charge in [0.2, 0.25) is 0 Å². The molecule has 3 aliphatic carbocycles. The van der Waals surface area contributed by atoms with Crippen LogP contribution in [-0.4, -0.2) is 16.6 Å². The minimum absolute atomic E-state index is 0.0461. The summed E-state index contributed by atoms with van der Waals surface area (Å²) in [7, 11) is 2.04. The smallest absolute Gasteiger partial charge is 0.162 e. The van der Waals surface area contributed by atoms with Gasteiger partial charge in [-0.2, -0.15) is 0 Å². The molecule has 0 fully saturated rings. The quantitative estimate of drug-likeness (QED) is 0.592. The molecule has 2 aromatic rings. The van der Waals surface area contributed by atoms with E-state index in [2.05, 4.69) is 48.9 Å². The summed E-state index contributed by atoms with van der Waals surface area (Å²) in [5.41, 5.74) is 4.80. The number of aldehydes is 1. The molecule has 0 saturated carbocycles. The Labute approximate surface area is 147 Å². The van der Waals surface area contributed by atoms with Crippen LogP contribution >= 0.6 is 0 Å². The van der Waals surface area contributed by atoms with Crippen LogP contribution < -0.4 is 0 Å². The lowest BCUT2D eigenvalue weighted by atomic mass is 9.70. The maximum Gasteiger partial charge on any atom is 0.162 e. The second-order valence-electron chi connectivity index (χ2n) is 8.31. The van der Waals surface area contributed by atoms with Crippen LogP contribution in [-0.2, 0) is 33.9 Å². The average molecular weight is 331 g/mol. The second kappa shape index (κ2) is 4.21. The Bertz CT molecular complexity index is 1060. The van der Waals surface area contributed by atoms with Crippen molar-refractivity contribution < 1.29 is 9.59 Å². The third-order valence-electron chi connectivity index (χ3n) is 6.77. The van der Waals surface area contributed by atoms with E-state index in [0.717, 1.165) is 45.9 Å². The van der Waals surface area contributed by atoms with Crippen molar-refractivity contribution in [1.82, 2.24) is 4.57 Å². The number of allylic oxidation sites excluding steroid dienone is 4. The van der Waals surface area contributed by atoms with Crippen molar-refractivity contribution in [2.45, 2.75) is 38.0 Å². The van der Waals surface area contributed by atoms with E-state index >= 15 is 0 Å². The van der Waals surface area contributed by atoms with Gasteiger partial charge in [-0.3, -0.25) is 4.79 Å². The number of Topliss-reactive ketones (excluding diaryl/α,β-unsaturated/α-hetero) is 1. The van der Waals surface area contributed by atoms with Gasteiger partial charge in [-0.1, -0.05) is 37.6 Å². The Morgan fingerprint density at radius 2 is 2.04 bits per heavy atom. The molecule has 0 spiro atoms. The number of benzene rings is 1. The predicted octanol–water partition coefficient (Wildman–Crippen LogP) is 3.53. The van der Waals surface area contributed by atoms with Crippen molar-refractivity contribution in [2.75, 3.05) is 0 Å². The summed E-state index contributed by atoms with van der Waals surface area (Å²) in [6.07, 6.45) is 8.07. The van der Waals surface area contributed by atoms with Crippen molar-refractivity contribution in [3.8, 4) is 0 Å². The second-order valence-corrected chi connectivity index (χ2v) is 8.31. The fourth-order valence-electron chi connectivity index (χ4n) is 5.35. The van der Waals surface area contributed by atoms with Crippen LogP contribution in [0.1, 0.15) is 37.5 Å². The van der Waals surface area contributed by atoms with E-state index in [1.165, 1.54) is 5.56 Å². The third-order valence-corrected chi connectivity index (χ3v) is 6.77. The number of aryl methyl sites for hydroxylation is 1. The van der Waals surface area contributed by atoms with Gasteiger partial charge in [-0.05, 0) is 41.7 Å². The summed E-state index contributed by atoms with van der Waals surface area (Å²) in [5, 5.41) is 1.11. The topological polar surface area (TPSA) is 39.1 Å². The van der Waals surface area contributed by atoms with E-state index in [9.17, 15) is 9.59 Å². The summed E-state index contributed by atoms with van der Waals surface area (Å²) < 4.78 is 2.13.